The van der Waals surface area contributed by atoms with Gasteiger partial charge in [-0.05, 0) is 55.2 Å². The molecule has 1 amide bonds. The van der Waals surface area contributed by atoms with Gasteiger partial charge in [-0.3, -0.25) is 9.59 Å². The van der Waals surface area contributed by atoms with Crippen LogP contribution in [0.1, 0.15) is 65.2 Å². The predicted octanol–water partition coefficient (Wildman–Crippen LogP) is 2.48. The lowest BCUT2D eigenvalue weighted by Gasteiger charge is -2.29. The van der Waals surface area contributed by atoms with Crippen molar-refractivity contribution in [2.45, 2.75) is 46.0 Å². The average molecular weight is 396 g/mol. The molecule has 1 fully saturated rings. The SMILES string of the molecule is CC1(C)CC(=O)c2c(CC3CC3)nn(-c3ccc(C(N)=O)c(NCCO)c3)c2C1. The number of nitrogens with two attached hydrogens (primary N) is 1. The topological polar surface area (TPSA) is 110 Å². The highest BCUT2D eigenvalue weighted by Gasteiger charge is 2.38. The molecule has 2 aliphatic rings. The zero-order chi connectivity index (χ0) is 20.8. The van der Waals surface area contributed by atoms with Crippen LogP contribution in [0.2, 0.25) is 0 Å². The van der Waals surface area contributed by atoms with E-state index in [-0.39, 0.29) is 17.8 Å². The number of primary amides is 1. The molecule has 1 aromatic carbocycles. The van der Waals surface area contributed by atoms with E-state index >= 15 is 0 Å². The fourth-order valence-corrected chi connectivity index (χ4v) is 4.20. The predicted molar refractivity (Wildman–Crippen MR) is 111 cm³/mol. The molecule has 0 aliphatic heterocycles. The normalized spacial score (nSPS) is 17.8. The summed E-state index contributed by atoms with van der Waals surface area (Å²) in [6.45, 7) is 4.46. The monoisotopic (exact) mass is 396 g/mol. The van der Waals surface area contributed by atoms with Gasteiger partial charge < -0.3 is 16.2 Å². The zero-order valence-corrected chi connectivity index (χ0v) is 17.0. The Balaban J connectivity index is 1.82. The number of benzene rings is 1. The van der Waals surface area contributed by atoms with E-state index < -0.39 is 5.91 Å². The third kappa shape index (κ3) is 3.92. The van der Waals surface area contributed by atoms with Crippen molar-refractivity contribution in [2.75, 3.05) is 18.5 Å². The second kappa shape index (κ2) is 7.30. The number of carbonyl (C=O) groups is 2. The minimum Gasteiger partial charge on any atom is -0.395 e. The Morgan fingerprint density at radius 2 is 2.10 bits per heavy atom. The van der Waals surface area contributed by atoms with Crippen molar-refractivity contribution in [2.24, 2.45) is 17.1 Å². The van der Waals surface area contributed by atoms with Crippen LogP contribution >= 0.6 is 0 Å². The third-order valence-electron chi connectivity index (χ3n) is 5.74. The number of aliphatic hydroxyl groups is 1. The molecule has 0 atom stereocenters. The van der Waals surface area contributed by atoms with Crippen molar-refractivity contribution in [3.8, 4) is 5.69 Å². The van der Waals surface area contributed by atoms with Gasteiger partial charge in [0.1, 0.15) is 0 Å². The second-order valence-corrected chi connectivity index (χ2v) is 9.01. The maximum atomic E-state index is 13.0. The Labute approximate surface area is 170 Å². The van der Waals surface area contributed by atoms with Crippen molar-refractivity contribution in [3.05, 3.63) is 40.7 Å². The summed E-state index contributed by atoms with van der Waals surface area (Å²) in [5.41, 5.74) is 9.70. The molecule has 154 valence electrons. The molecule has 0 unspecified atom stereocenters. The molecule has 1 aromatic heterocycles. The summed E-state index contributed by atoms with van der Waals surface area (Å²) < 4.78 is 1.86. The zero-order valence-electron chi connectivity index (χ0n) is 17.0. The smallest absolute Gasteiger partial charge is 0.250 e. The number of nitrogens with one attached hydrogen (secondary N) is 1. The van der Waals surface area contributed by atoms with Gasteiger partial charge in [0.2, 0.25) is 0 Å². The Morgan fingerprint density at radius 3 is 2.76 bits per heavy atom. The van der Waals surface area contributed by atoms with Crippen LogP contribution in [0.4, 0.5) is 5.69 Å². The minimum absolute atomic E-state index is 0.0617. The third-order valence-corrected chi connectivity index (χ3v) is 5.74. The van der Waals surface area contributed by atoms with Crippen LogP contribution in [0.15, 0.2) is 18.2 Å². The summed E-state index contributed by atoms with van der Waals surface area (Å²) >= 11 is 0. The maximum Gasteiger partial charge on any atom is 0.250 e. The first-order valence-corrected chi connectivity index (χ1v) is 10.2. The lowest BCUT2D eigenvalue weighted by Crippen LogP contribution is -2.28. The molecule has 29 heavy (non-hydrogen) atoms. The van der Waals surface area contributed by atoms with Crippen LogP contribution in [-0.4, -0.2) is 39.7 Å². The lowest BCUT2D eigenvalue weighted by atomic mass is 9.75. The van der Waals surface area contributed by atoms with Gasteiger partial charge in [0.25, 0.3) is 5.91 Å². The lowest BCUT2D eigenvalue weighted by molar-refractivity contribution is 0.0909. The highest BCUT2D eigenvalue weighted by molar-refractivity contribution is 6.00. The van der Waals surface area contributed by atoms with E-state index in [9.17, 15) is 9.59 Å². The number of amides is 1. The molecular formula is C22H28N4O3. The highest BCUT2D eigenvalue weighted by Crippen LogP contribution is 2.40. The number of aliphatic hydroxyl groups excluding tert-OH is 1. The van der Waals surface area contributed by atoms with Gasteiger partial charge in [0.05, 0.1) is 34.8 Å². The van der Waals surface area contributed by atoms with Gasteiger partial charge in [-0.2, -0.15) is 5.10 Å². The summed E-state index contributed by atoms with van der Waals surface area (Å²) in [4.78, 5) is 24.7. The number of anilines is 1. The molecule has 4 N–H and O–H groups in total. The van der Waals surface area contributed by atoms with Crippen molar-refractivity contribution < 1.29 is 14.7 Å². The van der Waals surface area contributed by atoms with Crippen LogP contribution in [0, 0.1) is 11.3 Å². The minimum atomic E-state index is -0.537. The number of aromatic nitrogens is 2. The van der Waals surface area contributed by atoms with Crippen LogP contribution in [0.25, 0.3) is 5.69 Å². The number of hydrogen-bond acceptors (Lipinski definition) is 5. The summed E-state index contributed by atoms with van der Waals surface area (Å²) in [7, 11) is 0. The quantitative estimate of drug-likeness (QED) is 0.666. The van der Waals surface area contributed by atoms with Gasteiger partial charge in [-0.1, -0.05) is 13.8 Å². The molecule has 0 spiro atoms. The molecule has 7 nitrogen and oxygen atoms in total. The fraction of sp³-hybridized carbons (Fsp3) is 0.500. The average Bonchev–Trinajstić information content (AvgIpc) is 3.39. The Hall–Kier alpha value is -2.67. The molecule has 4 rings (SSSR count). The Bertz CT molecular complexity index is 973. The number of nitrogens with zero attached hydrogens (tertiary/aromatic N) is 2. The molecule has 0 radical (unpaired) electrons. The fourth-order valence-electron chi connectivity index (χ4n) is 4.20. The number of Topliss-reactive ketones (excluding diaryl/α,β-unsaturated/α-hetero) is 1. The molecule has 2 aliphatic carbocycles. The number of fused-ring (bicyclic) bond motifs is 1. The van der Waals surface area contributed by atoms with Gasteiger partial charge >= 0.3 is 0 Å². The van der Waals surface area contributed by atoms with Gasteiger partial charge in [0.15, 0.2) is 5.78 Å². The standard InChI is InChI=1S/C22H28N4O3/c1-22(2)11-18-20(19(28)12-22)17(9-13-3-4-13)25-26(18)14-5-6-15(21(23)29)16(10-14)24-7-8-27/h5-6,10,13,24,27H,3-4,7-9,11-12H2,1-2H3,(H2,23,29). The molecular weight excluding hydrogens is 368 g/mol. The van der Waals surface area contributed by atoms with Crippen molar-refractivity contribution >= 4 is 17.4 Å². The van der Waals surface area contributed by atoms with Crippen LogP contribution < -0.4 is 11.1 Å². The van der Waals surface area contributed by atoms with Gasteiger partial charge in [-0.25, -0.2) is 4.68 Å². The first-order chi connectivity index (χ1) is 13.8. The van der Waals surface area contributed by atoms with Gasteiger partial charge in [-0.15, -0.1) is 0 Å². The van der Waals surface area contributed by atoms with Crippen molar-refractivity contribution in [1.29, 1.82) is 0 Å². The Kier molecular flexibility index (Phi) is 4.94. The highest BCUT2D eigenvalue weighted by atomic mass is 16.3. The van der Waals surface area contributed by atoms with Crippen molar-refractivity contribution in [3.63, 3.8) is 0 Å². The summed E-state index contributed by atoms with van der Waals surface area (Å²) in [6, 6.07) is 5.29. The van der Waals surface area contributed by atoms with Crippen LogP contribution in [0.5, 0.6) is 0 Å². The summed E-state index contributed by atoms with van der Waals surface area (Å²) in [5.74, 6) is 0.264. The number of carbonyl (C=O) groups excluding carboxylic acids is 2. The first-order valence-electron chi connectivity index (χ1n) is 10.2. The molecule has 2 aromatic rings. The molecule has 1 heterocycles. The largest absolute Gasteiger partial charge is 0.395 e. The molecule has 7 heteroatoms. The van der Waals surface area contributed by atoms with Gasteiger partial charge in [0, 0.05) is 18.7 Å². The first kappa shape index (κ1) is 19.6. The number of ketones is 1. The van der Waals surface area contributed by atoms with Crippen LogP contribution in [-0.2, 0) is 12.8 Å². The van der Waals surface area contributed by atoms with E-state index in [1.807, 2.05) is 16.8 Å². The Morgan fingerprint density at radius 1 is 1.34 bits per heavy atom. The maximum absolute atomic E-state index is 13.0. The number of hydrogen-bond donors (Lipinski definition) is 3. The molecule has 0 saturated heterocycles. The number of rotatable bonds is 7. The summed E-state index contributed by atoms with van der Waals surface area (Å²) in [6.07, 6.45) is 4.54. The molecule has 1 saturated carbocycles. The van der Waals surface area contributed by atoms with Crippen molar-refractivity contribution in [1.82, 2.24) is 9.78 Å². The van der Waals surface area contributed by atoms with E-state index in [4.69, 9.17) is 15.9 Å². The van der Waals surface area contributed by atoms with E-state index in [2.05, 4.69) is 19.2 Å². The van der Waals surface area contributed by atoms with E-state index in [0.717, 1.165) is 35.5 Å². The van der Waals surface area contributed by atoms with E-state index in [0.29, 0.717) is 30.1 Å². The summed E-state index contributed by atoms with van der Waals surface area (Å²) in [5, 5.41) is 17.1. The second-order valence-electron chi connectivity index (χ2n) is 9.01. The van der Waals surface area contributed by atoms with Crippen LogP contribution in [0.3, 0.4) is 0 Å². The molecule has 0 bridgehead atoms. The van der Waals surface area contributed by atoms with E-state index in [1.165, 1.54) is 12.8 Å². The van der Waals surface area contributed by atoms with E-state index in [1.54, 1.807) is 6.07 Å².